The van der Waals surface area contributed by atoms with Crippen molar-refractivity contribution in [2.45, 2.75) is 32.2 Å². The predicted octanol–water partition coefficient (Wildman–Crippen LogP) is 2.57. The van der Waals surface area contributed by atoms with E-state index in [9.17, 15) is 0 Å². The Bertz CT molecular complexity index is 352. The van der Waals surface area contributed by atoms with E-state index in [-0.39, 0.29) is 0 Å². The van der Waals surface area contributed by atoms with Crippen LogP contribution in [0.2, 0.25) is 0 Å². The summed E-state index contributed by atoms with van der Waals surface area (Å²) in [6.45, 7) is 6.83. The molecule has 0 aliphatic carbocycles. The second-order valence-electron chi connectivity index (χ2n) is 5.08. The number of hydrogen-bond acceptors (Lipinski definition) is 2. The number of benzene rings is 1. The first-order chi connectivity index (χ1) is 7.64. The van der Waals surface area contributed by atoms with Gasteiger partial charge >= 0.3 is 0 Å². The second-order valence-corrected chi connectivity index (χ2v) is 5.08. The topological polar surface area (TPSA) is 15.3 Å². The van der Waals surface area contributed by atoms with E-state index >= 15 is 0 Å². The lowest BCUT2D eigenvalue weighted by Gasteiger charge is -2.40. The van der Waals surface area contributed by atoms with Crippen molar-refractivity contribution in [3.63, 3.8) is 0 Å². The highest BCUT2D eigenvalue weighted by molar-refractivity contribution is 5.53. The van der Waals surface area contributed by atoms with Crippen LogP contribution < -0.4 is 10.2 Å². The molecule has 1 aliphatic rings. The molecule has 0 saturated carbocycles. The Morgan fingerprint density at radius 3 is 2.38 bits per heavy atom. The molecule has 0 spiro atoms. The van der Waals surface area contributed by atoms with Crippen molar-refractivity contribution < 1.29 is 0 Å². The minimum Gasteiger partial charge on any atom is -0.371 e. The van der Waals surface area contributed by atoms with E-state index in [4.69, 9.17) is 0 Å². The van der Waals surface area contributed by atoms with Crippen molar-refractivity contribution in [3.8, 4) is 0 Å². The normalized spacial score (nSPS) is 19.8. The Labute approximate surface area is 98.7 Å². The summed E-state index contributed by atoms with van der Waals surface area (Å²) in [7, 11) is 2.07. The molecule has 0 aromatic heterocycles. The van der Waals surface area contributed by atoms with Crippen LogP contribution in [0, 0.1) is 6.92 Å². The molecule has 0 bridgehead atoms. The summed E-state index contributed by atoms with van der Waals surface area (Å²) < 4.78 is 0. The van der Waals surface area contributed by atoms with Gasteiger partial charge in [-0.2, -0.15) is 0 Å². The molecule has 16 heavy (non-hydrogen) atoms. The number of anilines is 1. The second kappa shape index (κ2) is 4.46. The van der Waals surface area contributed by atoms with Crippen LogP contribution in [0.3, 0.4) is 0 Å². The molecule has 1 heterocycles. The Kier molecular flexibility index (Phi) is 3.20. The SMILES string of the molecule is CNC1(C)CCN(c2ccccc2C)CC1. The van der Waals surface area contributed by atoms with Crippen molar-refractivity contribution in [1.82, 2.24) is 5.32 Å². The molecule has 1 aliphatic heterocycles. The lowest BCUT2D eigenvalue weighted by molar-refractivity contribution is 0.305. The Morgan fingerprint density at radius 1 is 1.19 bits per heavy atom. The van der Waals surface area contributed by atoms with Crippen LogP contribution in [-0.2, 0) is 0 Å². The molecule has 2 nitrogen and oxygen atoms in total. The van der Waals surface area contributed by atoms with Crippen LogP contribution in [0.15, 0.2) is 24.3 Å². The van der Waals surface area contributed by atoms with Gasteiger partial charge in [0.1, 0.15) is 0 Å². The van der Waals surface area contributed by atoms with E-state index in [1.165, 1.54) is 24.1 Å². The molecular weight excluding hydrogens is 196 g/mol. The van der Waals surface area contributed by atoms with E-state index in [2.05, 4.69) is 55.4 Å². The quantitative estimate of drug-likeness (QED) is 0.820. The fourth-order valence-electron chi connectivity index (χ4n) is 2.41. The zero-order valence-corrected chi connectivity index (χ0v) is 10.6. The van der Waals surface area contributed by atoms with Gasteiger partial charge in [-0.25, -0.2) is 0 Å². The largest absolute Gasteiger partial charge is 0.371 e. The van der Waals surface area contributed by atoms with Gasteiger partial charge in [-0.15, -0.1) is 0 Å². The van der Waals surface area contributed by atoms with Crippen LogP contribution in [-0.4, -0.2) is 25.7 Å². The van der Waals surface area contributed by atoms with Crippen molar-refractivity contribution in [1.29, 1.82) is 0 Å². The third-order valence-corrected chi connectivity index (χ3v) is 3.93. The van der Waals surface area contributed by atoms with Crippen LogP contribution in [0.1, 0.15) is 25.3 Å². The molecule has 88 valence electrons. The minimum absolute atomic E-state index is 0.333. The van der Waals surface area contributed by atoms with Crippen molar-refractivity contribution >= 4 is 5.69 Å². The Hall–Kier alpha value is -1.02. The van der Waals surface area contributed by atoms with Gasteiger partial charge in [-0.3, -0.25) is 0 Å². The number of piperidine rings is 1. The van der Waals surface area contributed by atoms with Crippen LogP contribution in [0.5, 0.6) is 0 Å². The Morgan fingerprint density at radius 2 is 1.81 bits per heavy atom. The average Bonchev–Trinajstić information content (AvgIpc) is 2.31. The molecule has 0 unspecified atom stereocenters. The first-order valence-electron chi connectivity index (χ1n) is 6.14. The first-order valence-corrected chi connectivity index (χ1v) is 6.14. The smallest absolute Gasteiger partial charge is 0.0395 e. The highest BCUT2D eigenvalue weighted by Gasteiger charge is 2.28. The van der Waals surface area contributed by atoms with Gasteiger partial charge in [0, 0.05) is 24.3 Å². The minimum atomic E-state index is 0.333. The van der Waals surface area contributed by atoms with E-state index in [0.717, 1.165) is 13.1 Å². The monoisotopic (exact) mass is 218 g/mol. The first kappa shape index (κ1) is 11.5. The predicted molar refractivity (Wildman–Crippen MR) is 70.1 cm³/mol. The average molecular weight is 218 g/mol. The van der Waals surface area contributed by atoms with Gasteiger partial charge in [0.25, 0.3) is 0 Å². The molecule has 1 N–H and O–H groups in total. The number of nitrogens with one attached hydrogen (secondary N) is 1. The third-order valence-electron chi connectivity index (χ3n) is 3.93. The summed E-state index contributed by atoms with van der Waals surface area (Å²) in [5, 5.41) is 3.44. The van der Waals surface area contributed by atoms with Crippen molar-refractivity contribution in [2.24, 2.45) is 0 Å². The number of aryl methyl sites for hydroxylation is 1. The number of para-hydroxylation sites is 1. The molecule has 1 aromatic carbocycles. The van der Waals surface area contributed by atoms with E-state index in [0.29, 0.717) is 5.54 Å². The van der Waals surface area contributed by atoms with E-state index < -0.39 is 0 Å². The summed E-state index contributed by atoms with van der Waals surface area (Å²) in [6.07, 6.45) is 2.44. The molecule has 2 heteroatoms. The summed E-state index contributed by atoms with van der Waals surface area (Å²) >= 11 is 0. The summed E-state index contributed by atoms with van der Waals surface area (Å²) in [6, 6.07) is 8.67. The van der Waals surface area contributed by atoms with Crippen LogP contribution >= 0.6 is 0 Å². The van der Waals surface area contributed by atoms with Crippen molar-refractivity contribution in [2.75, 3.05) is 25.0 Å². The fraction of sp³-hybridized carbons (Fsp3) is 0.571. The molecule has 0 amide bonds. The third kappa shape index (κ3) is 2.22. The van der Waals surface area contributed by atoms with Gasteiger partial charge in [0.05, 0.1) is 0 Å². The molecule has 1 fully saturated rings. The Balaban J connectivity index is 2.07. The highest BCUT2D eigenvalue weighted by atomic mass is 15.2. The number of nitrogens with zero attached hydrogens (tertiary/aromatic N) is 1. The summed E-state index contributed by atoms with van der Waals surface area (Å²) in [5.41, 5.74) is 3.12. The van der Waals surface area contributed by atoms with Gasteiger partial charge < -0.3 is 10.2 Å². The molecule has 1 aromatic rings. The maximum Gasteiger partial charge on any atom is 0.0395 e. The zero-order valence-electron chi connectivity index (χ0n) is 10.6. The van der Waals surface area contributed by atoms with Crippen LogP contribution in [0.25, 0.3) is 0 Å². The molecule has 2 rings (SSSR count). The number of hydrogen-bond donors (Lipinski definition) is 1. The lowest BCUT2D eigenvalue weighted by atomic mass is 9.89. The highest BCUT2D eigenvalue weighted by Crippen LogP contribution is 2.27. The molecule has 0 atom stereocenters. The number of rotatable bonds is 2. The van der Waals surface area contributed by atoms with Crippen molar-refractivity contribution in [3.05, 3.63) is 29.8 Å². The van der Waals surface area contributed by atoms with Gasteiger partial charge in [0.2, 0.25) is 0 Å². The van der Waals surface area contributed by atoms with Gasteiger partial charge in [-0.05, 0) is 45.4 Å². The molecule has 1 saturated heterocycles. The van der Waals surface area contributed by atoms with E-state index in [1.807, 2.05) is 0 Å². The zero-order chi connectivity index (χ0) is 11.6. The van der Waals surface area contributed by atoms with Crippen LogP contribution in [0.4, 0.5) is 5.69 Å². The lowest BCUT2D eigenvalue weighted by Crippen LogP contribution is -2.50. The summed E-state index contributed by atoms with van der Waals surface area (Å²) in [4.78, 5) is 2.51. The maximum absolute atomic E-state index is 3.44. The summed E-state index contributed by atoms with van der Waals surface area (Å²) in [5.74, 6) is 0. The standard InChI is InChI=1S/C14H22N2/c1-12-6-4-5-7-13(12)16-10-8-14(2,15-3)9-11-16/h4-7,15H,8-11H2,1-3H3. The maximum atomic E-state index is 3.44. The van der Waals surface area contributed by atoms with Gasteiger partial charge in [0.15, 0.2) is 0 Å². The molecular formula is C14H22N2. The molecule has 0 radical (unpaired) electrons. The fourth-order valence-corrected chi connectivity index (χ4v) is 2.41. The van der Waals surface area contributed by atoms with Gasteiger partial charge in [-0.1, -0.05) is 18.2 Å². The van der Waals surface area contributed by atoms with E-state index in [1.54, 1.807) is 0 Å².